The van der Waals surface area contributed by atoms with Gasteiger partial charge in [-0.15, -0.1) is 0 Å². The van der Waals surface area contributed by atoms with Crippen molar-refractivity contribution in [2.45, 2.75) is 12.2 Å². The third-order valence-corrected chi connectivity index (χ3v) is 3.93. The Morgan fingerprint density at radius 3 is 1.90 bits per heavy atom. The first-order chi connectivity index (χ1) is 9.55. The highest BCUT2D eigenvalue weighted by Gasteiger charge is 2.15. The average molecular weight is 289 g/mol. The highest BCUT2D eigenvalue weighted by Crippen LogP contribution is 2.05. The summed E-state index contributed by atoms with van der Waals surface area (Å²) in [5.41, 5.74) is 1.42. The first-order valence-corrected chi connectivity index (χ1v) is 7.81. The Hall–Kier alpha value is -2.14. The molecule has 0 aliphatic rings. The van der Waals surface area contributed by atoms with E-state index in [-0.39, 0.29) is 12.2 Å². The molecule has 0 aliphatic carbocycles. The van der Waals surface area contributed by atoms with Crippen LogP contribution in [0.2, 0.25) is 0 Å². The maximum Gasteiger partial charge on any atom is 0.239 e. The molecule has 2 aromatic rings. The number of rotatable bonds is 5. The number of amides is 1. The van der Waals surface area contributed by atoms with Crippen LogP contribution in [-0.2, 0) is 27.0 Å². The summed E-state index contributed by atoms with van der Waals surface area (Å²) in [7, 11) is -3.65. The first-order valence-electron chi connectivity index (χ1n) is 6.16. The van der Waals surface area contributed by atoms with Crippen LogP contribution in [0.5, 0.6) is 0 Å². The number of hydrogen-bond acceptors (Lipinski definition) is 3. The molecule has 5 heteroatoms. The van der Waals surface area contributed by atoms with E-state index in [4.69, 9.17) is 0 Å². The third-order valence-electron chi connectivity index (χ3n) is 2.68. The largest absolute Gasteiger partial charge is 0.274 e. The Morgan fingerprint density at radius 1 is 0.850 bits per heavy atom. The molecular weight excluding hydrogens is 274 g/mol. The minimum atomic E-state index is -3.65. The lowest BCUT2D eigenvalue weighted by molar-refractivity contribution is -0.118. The lowest BCUT2D eigenvalue weighted by Crippen LogP contribution is -2.32. The van der Waals surface area contributed by atoms with E-state index in [2.05, 4.69) is 4.72 Å². The second-order valence-corrected chi connectivity index (χ2v) is 6.15. The Morgan fingerprint density at radius 2 is 1.35 bits per heavy atom. The van der Waals surface area contributed by atoms with Gasteiger partial charge in [0.15, 0.2) is 0 Å². The van der Waals surface area contributed by atoms with Crippen LogP contribution >= 0.6 is 0 Å². The third kappa shape index (κ3) is 4.51. The summed E-state index contributed by atoms with van der Waals surface area (Å²) in [6.45, 7) is 0. The van der Waals surface area contributed by atoms with Crippen molar-refractivity contribution in [3.8, 4) is 0 Å². The van der Waals surface area contributed by atoms with Gasteiger partial charge in [-0.3, -0.25) is 9.52 Å². The van der Waals surface area contributed by atoms with E-state index in [0.717, 1.165) is 5.56 Å². The molecule has 0 spiro atoms. The fourth-order valence-electron chi connectivity index (χ4n) is 1.82. The van der Waals surface area contributed by atoms with Crippen LogP contribution in [0.15, 0.2) is 60.7 Å². The molecule has 20 heavy (non-hydrogen) atoms. The standard InChI is InChI=1S/C15H15NO3S/c17-15(11-13-7-3-1-4-8-13)16-20(18,19)12-14-9-5-2-6-10-14/h1-10H,11-12H2,(H,16,17). The van der Waals surface area contributed by atoms with Crippen molar-refractivity contribution >= 4 is 15.9 Å². The van der Waals surface area contributed by atoms with E-state index < -0.39 is 15.9 Å². The van der Waals surface area contributed by atoms with Gasteiger partial charge < -0.3 is 0 Å². The highest BCUT2D eigenvalue weighted by molar-refractivity contribution is 7.89. The zero-order valence-corrected chi connectivity index (χ0v) is 11.6. The Bertz CT molecular complexity index is 667. The monoisotopic (exact) mass is 289 g/mol. The molecule has 2 rings (SSSR count). The predicted octanol–water partition coefficient (Wildman–Crippen LogP) is 1.88. The number of carbonyl (C=O) groups excluding carboxylic acids is 1. The van der Waals surface area contributed by atoms with Gasteiger partial charge in [0.25, 0.3) is 0 Å². The molecule has 0 saturated heterocycles. The number of carbonyl (C=O) groups is 1. The summed E-state index contributed by atoms with van der Waals surface area (Å²) in [6, 6.07) is 17.8. The fourth-order valence-corrected chi connectivity index (χ4v) is 2.94. The fraction of sp³-hybridized carbons (Fsp3) is 0.133. The van der Waals surface area contributed by atoms with Gasteiger partial charge in [-0.05, 0) is 11.1 Å². The molecule has 2 aromatic carbocycles. The molecule has 0 fully saturated rings. The number of nitrogens with one attached hydrogen (secondary N) is 1. The van der Waals surface area contributed by atoms with Crippen LogP contribution < -0.4 is 4.72 Å². The SMILES string of the molecule is O=C(Cc1ccccc1)NS(=O)(=O)Cc1ccccc1. The van der Waals surface area contributed by atoms with Gasteiger partial charge in [0.1, 0.15) is 0 Å². The molecule has 0 atom stereocenters. The molecule has 1 N–H and O–H groups in total. The Balaban J connectivity index is 1.96. The molecule has 0 radical (unpaired) electrons. The van der Waals surface area contributed by atoms with Crippen molar-refractivity contribution in [2.24, 2.45) is 0 Å². The van der Waals surface area contributed by atoms with E-state index in [1.807, 2.05) is 12.1 Å². The minimum absolute atomic E-state index is 0.0505. The Kier molecular flexibility index (Phi) is 4.53. The highest BCUT2D eigenvalue weighted by atomic mass is 32.2. The number of sulfonamides is 1. The van der Waals surface area contributed by atoms with E-state index >= 15 is 0 Å². The number of benzene rings is 2. The molecule has 0 saturated carbocycles. The van der Waals surface area contributed by atoms with Crippen LogP contribution in [0.3, 0.4) is 0 Å². The van der Waals surface area contributed by atoms with Gasteiger partial charge in [0.05, 0.1) is 12.2 Å². The second kappa shape index (κ2) is 6.34. The zero-order valence-electron chi connectivity index (χ0n) is 10.8. The van der Waals surface area contributed by atoms with Crippen molar-refractivity contribution in [1.29, 1.82) is 0 Å². The molecule has 0 aliphatic heterocycles. The minimum Gasteiger partial charge on any atom is -0.274 e. The molecule has 0 heterocycles. The van der Waals surface area contributed by atoms with E-state index in [1.54, 1.807) is 48.5 Å². The van der Waals surface area contributed by atoms with Gasteiger partial charge in [-0.25, -0.2) is 8.42 Å². The maximum absolute atomic E-state index is 11.9. The molecular formula is C15H15NO3S. The molecule has 0 unspecified atom stereocenters. The van der Waals surface area contributed by atoms with Crippen LogP contribution in [-0.4, -0.2) is 14.3 Å². The van der Waals surface area contributed by atoms with Crippen molar-refractivity contribution in [3.63, 3.8) is 0 Å². The molecule has 1 amide bonds. The zero-order chi connectivity index (χ0) is 14.4. The average Bonchev–Trinajstić information content (AvgIpc) is 2.39. The van der Waals surface area contributed by atoms with E-state index in [0.29, 0.717) is 5.56 Å². The quantitative estimate of drug-likeness (QED) is 0.914. The summed E-state index contributed by atoms with van der Waals surface area (Å²) in [6.07, 6.45) is 0.0505. The van der Waals surface area contributed by atoms with Gasteiger partial charge in [-0.1, -0.05) is 60.7 Å². The summed E-state index contributed by atoms with van der Waals surface area (Å²) in [5.74, 6) is -0.721. The lowest BCUT2D eigenvalue weighted by atomic mass is 10.1. The van der Waals surface area contributed by atoms with Gasteiger partial charge in [-0.2, -0.15) is 0 Å². The Labute approximate surface area is 118 Å². The van der Waals surface area contributed by atoms with Crippen molar-refractivity contribution in [1.82, 2.24) is 4.72 Å². The van der Waals surface area contributed by atoms with Gasteiger partial charge >= 0.3 is 0 Å². The van der Waals surface area contributed by atoms with Crippen molar-refractivity contribution < 1.29 is 13.2 Å². The van der Waals surface area contributed by atoms with Gasteiger partial charge in [0.2, 0.25) is 15.9 Å². The summed E-state index contributed by atoms with van der Waals surface area (Å²) in [5, 5.41) is 0. The van der Waals surface area contributed by atoms with Crippen LogP contribution in [0, 0.1) is 0 Å². The van der Waals surface area contributed by atoms with Crippen LogP contribution in [0.1, 0.15) is 11.1 Å². The maximum atomic E-state index is 11.9. The smallest absolute Gasteiger partial charge is 0.239 e. The lowest BCUT2D eigenvalue weighted by Gasteiger charge is -2.07. The molecule has 0 aromatic heterocycles. The molecule has 4 nitrogen and oxygen atoms in total. The summed E-state index contributed by atoms with van der Waals surface area (Å²) >= 11 is 0. The first kappa shape index (κ1) is 14.3. The topological polar surface area (TPSA) is 63.2 Å². The van der Waals surface area contributed by atoms with Crippen LogP contribution in [0.25, 0.3) is 0 Å². The van der Waals surface area contributed by atoms with Gasteiger partial charge in [0, 0.05) is 0 Å². The number of hydrogen-bond donors (Lipinski definition) is 1. The molecule has 0 bridgehead atoms. The van der Waals surface area contributed by atoms with Crippen molar-refractivity contribution in [3.05, 3.63) is 71.8 Å². The van der Waals surface area contributed by atoms with Crippen LogP contribution in [0.4, 0.5) is 0 Å². The second-order valence-electron chi connectivity index (χ2n) is 4.43. The normalized spacial score (nSPS) is 11.0. The van der Waals surface area contributed by atoms with Crippen molar-refractivity contribution in [2.75, 3.05) is 0 Å². The predicted molar refractivity (Wildman–Crippen MR) is 77.4 cm³/mol. The van der Waals surface area contributed by atoms with E-state index in [1.165, 1.54) is 0 Å². The van der Waals surface area contributed by atoms with E-state index in [9.17, 15) is 13.2 Å². The molecule has 104 valence electrons. The summed E-state index contributed by atoms with van der Waals surface area (Å²) < 4.78 is 25.8. The summed E-state index contributed by atoms with van der Waals surface area (Å²) in [4.78, 5) is 11.7.